The summed E-state index contributed by atoms with van der Waals surface area (Å²) >= 11 is 0. The summed E-state index contributed by atoms with van der Waals surface area (Å²) in [6.45, 7) is 0.471. The minimum absolute atomic E-state index is 0.0303. The summed E-state index contributed by atoms with van der Waals surface area (Å²) < 4.78 is 83.1. The first kappa shape index (κ1) is 27.4. The van der Waals surface area contributed by atoms with Gasteiger partial charge in [-0.1, -0.05) is 0 Å². The number of nitrogens with zero attached hydrogens (tertiary/aromatic N) is 5. The second-order valence-corrected chi connectivity index (χ2v) is 9.77. The molecule has 6 rings (SSSR count). The number of hydrogen-bond acceptors (Lipinski definition) is 5. The lowest BCUT2D eigenvalue weighted by molar-refractivity contribution is -0.137. The van der Waals surface area contributed by atoms with Crippen molar-refractivity contribution in [2.45, 2.75) is 12.2 Å². The van der Waals surface area contributed by atoms with E-state index in [0.29, 0.717) is 23.0 Å². The Morgan fingerprint density at radius 2 is 1.57 bits per heavy atom. The number of pyridine rings is 1. The molecule has 1 N–H and O–H groups in total. The Morgan fingerprint density at radius 1 is 0.905 bits per heavy atom. The summed E-state index contributed by atoms with van der Waals surface area (Å²) in [5, 5.41) is 6.62. The third kappa shape index (κ3) is 4.76. The van der Waals surface area contributed by atoms with E-state index in [1.165, 1.54) is 40.2 Å². The van der Waals surface area contributed by atoms with Crippen LogP contribution in [0.5, 0.6) is 0 Å². The molecule has 0 radical (unpaired) electrons. The summed E-state index contributed by atoms with van der Waals surface area (Å²) in [4.78, 5) is 33.1. The first-order valence-electron chi connectivity index (χ1n) is 12.7. The monoisotopic (exact) mass is 586 g/mol. The number of carbonyl (C=O) groups excluding carboxylic acids is 2. The Kier molecular flexibility index (Phi) is 6.72. The first-order chi connectivity index (χ1) is 20.0. The first-order valence-corrected chi connectivity index (χ1v) is 12.7. The van der Waals surface area contributed by atoms with E-state index in [0.717, 1.165) is 12.1 Å². The molecule has 2 aliphatic rings. The van der Waals surface area contributed by atoms with Gasteiger partial charge in [0.05, 0.1) is 22.6 Å². The van der Waals surface area contributed by atoms with Crippen LogP contribution in [0.3, 0.4) is 0 Å². The van der Waals surface area contributed by atoms with Crippen LogP contribution in [0.1, 0.15) is 27.7 Å². The van der Waals surface area contributed by atoms with Gasteiger partial charge in [-0.25, -0.2) is 17.9 Å². The molecule has 0 aliphatic carbocycles. The van der Waals surface area contributed by atoms with E-state index >= 15 is 0 Å². The van der Waals surface area contributed by atoms with Crippen molar-refractivity contribution in [3.8, 4) is 16.9 Å². The molecule has 1 saturated heterocycles. The highest BCUT2D eigenvalue weighted by Gasteiger charge is 2.42. The van der Waals surface area contributed by atoms with Crippen molar-refractivity contribution >= 4 is 17.5 Å². The molecule has 42 heavy (non-hydrogen) atoms. The predicted molar refractivity (Wildman–Crippen MR) is 137 cm³/mol. The van der Waals surface area contributed by atoms with Gasteiger partial charge in [-0.05, 0) is 42.5 Å². The van der Waals surface area contributed by atoms with Crippen LogP contribution >= 0.6 is 0 Å². The van der Waals surface area contributed by atoms with Crippen LogP contribution in [-0.2, 0) is 11.0 Å². The van der Waals surface area contributed by atoms with Gasteiger partial charge in [0.1, 0.15) is 11.9 Å². The Balaban J connectivity index is 1.24. The van der Waals surface area contributed by atoms with Crippen LogP contribution in [0.4, 0.5) is 32.0 Å². The Labute approximate surface area is 234 Å². The topological polar surface area (TPSA) is 83.4 Å². The van der Waals surface area contributed by atoms with Crippen molar-refractivity contribution in [1.29, 1.82) is 0 Å². The third-order valence-corrected chi connectivity index (χ3v) is 7.29. The van der Waals surface area contributed by atoms with Gasteiger partial charge in [0.15, 0.2) is 17.3 Å². The smallest absolute Gasteiger partial charge is 0.335 e. The van der Waals surface area contributed by atoms with Gasteiger partial charge in [0, 0.05) is 55.8 Å². The Morgan fingerprint density at radius 3 is 2.21 bits per heavy atom. The molecule has 216 valence electrons. The number of amides is 2. The number of alkyl halides is 3. The molecule has 1 atom stereocenters. The average molecular weight is 586 g/mol. The molecule has 2 amide bonds. The zero-order chi connectivity index (χ0) is 29.8. The highest BCUT2D eigenvalue weighted by Crippen LogP contribution is 2.40. The summed E-state index contributed by atoms with van der Waals surface area (Å²) in [6.07, 6.45) is -1.46. The molecule has 2 aliphatic heterocycles. The summed E-state index contributed by atoms with van der Waals surface area (Å²) in [5.74, 6) is -4.98. The fraction of sp³-hybridized carbons (Fsp3) is 0.214. The number of aromatic nitrogens is 3. The van der Waals surface area contributed by atoms with Crippen molar-refractivity contribution in [2.24, 2.45) is 0 Å². The molecule has 2 aromatic heterocycles. The van der Waals surface area contributed by atoms with Crippen LogP contribution in [0.25, 0.3) is 16.9 Å². The van der Waals surface area contributed by atoms with Crippen LogP contribution in [0.15, 0.2) is 60.9 Å². The molecule has 1 unspecified atom stereocenters. The lowest BCUT2D eigenvalue weighted by atomic mass is 10.0. The highest BCUT2D eigenvalue weighted by atomic mass is 19.4. The normalized spacial score (nSPS) is 17.3. The van der Waals surface area contributed by atoms with Crippen molar-refractivity contribution in [2.75, 3.05) is 31.5 Å². The number of nitrogens with one attached hydrogen (secondary N) is 1. The van der Waals surface area contributed by atoms with E-state index in [1.807, 2.05) is 0 Å². The largest absolute Gasteiger partial charge is 0.416 e. The SMILES string of the molecule is O=C1Nc2c(F)c(F)cc(F)c2C1N1CCN(C(=O)c2cc(-c3ccncc3)n(-c3ccc(C(F)(F)F)cc3)n2)CC1. The van der Waals surface area contributed by atoms with Gasteiger partial charge in [-0.3, -0.25) is 19.5 Å². The van der Waals surface area contributed by atoms with E-state index in [1.54, 1.807) is 17.0 Å². The van der Waals surface area contributed by atoms with Gasteiger partial charge < -0.3 is 10.2 Å². The minimum Gasteiger partial charge on any atom is -0.335 e. The van der Waals surface area contributed by atoms with E-state index in [-0.39, 0.29) is 37.4 Å². The summed E-state index contributed by atoms with van der Waals surface area (Å²) in [6, 6.07) is 8.43. The number of anilines is 1. The number of rotatable bonds is 4. The van der Waals surface area contributed by atoms with Gasteiger partial charge in [0.2, 0.25) is 5.91 Å². The van der Waals surface area contributed by atoms with Crippen LogP contribution < -0.4 is 5.32 Å². The number of benzene rings is 2. The van der Waals surface area contributed by atoms with E-state index < -0.39 is 52.7 Å². The molecule has 1 fully saturated rings. The molecule has 0 saturated carbocycles. The third-order valence-electron chi connectivity index (χ3n) is 7.29. The second kappa shape index (κ2) is 10.3. The Bertz CT molecular complexity index is 1680. The van der Waals surface area contributed by atoms with E-state index in [2.05, 4.69) is 15.4 Å². The summed E-state index contributed by atoms with van der Waals surface area (Å²) in [5.41, 5.74) is -0.238. The lowest BCUT2D eigenvalue weighted by Gasteiger charge is -2.37. The molecule has 0 spiro atoms. The van der Waals surface area contributed by atoms with Crippen LogP contribution in [0, 0.1) is 17.5 Å². The van der Waals surface area contributed by atoms with Crippen LogP contribution in [-0.4, -0.2) is 62.6 Å². The Hall–Kier alpha value is -4.72. The van der Waals surface area contributed by atoms with Crippen molar-refractivity contribution in [3.05, 3.63) is 95.2 Å². The quantitative estimate of drug-likeness (QED) is 0.274. The van der Waals surface area contributed by atoms with Gasteiger partial charge in [0.25, 0.3) is 5.91 Å². The molecule has 2 aromatic carbocycles. The maximum Gasteiger partial charge on any atom is 0.416 e. The second-order valence-electron chi connectivity index (χ2n) is 9.77. The maximum atomic E-state index is 14.6. The maximum absolute atomic E-state index is 14.6. The molecular formula is C28H20F6N6O2. The van der Waals surface area contributed by atoms with E-state index in [9.17, 15) is 35.9 Å². The average Bonchev–Trinajstić information content (AvgIpc) is 3.58. The van der Waals surface area contributed by atoms with Crippen molar-refractivity contribution in [1.82, 2.24) is 24.6 Å². The fourth-order valence-electron chi connectivity index (χ4n) is 5.22. The van der Waals surface area contributed by atoms with Gasteiger partial charge in [-0.15, -0.1) is 0 Å². The van der Waals surface area contributed by atoms with Crippen molar-refractivity contribution in [3.63, 3.8) is 0 Å². The molecule has 4 heterocycles. The molecule has 14 heteroatoms. The molecule has 0 bridgehead atoms. The van der Waals surface area contributed by atoms with E-state index in [4.69, 9.17) is 0 Å². The molecule has 8 nitrogen and oxygen atoms in total. The number of carbonyl (C=O) groups is 2. The highest BCUT2D eigenvalue weighted by molar-refractivity contribution is 6.03. The minimum atomic E-state index is -4.52. The zero-order valence-electron chi connectivity index (χ0n) is 21.5. The van der Waals surface area contributed by atoms with Crippen molar-refractivity contribution < 1.29 is 35.9 Å². The number of fused-ring (bicyclic) bond motifs is 1. The molecular weight excluding hydrogens is 566 g/mol. The number of halogens is 6. The summed E-state index contributed by atoms with van der Waals surface area (Å²) in [7, 11) is 0. The molecule has 4 aromatic rings. The number of piperazine rings is 1. The van der Waals surface area contributed by atoms with Gasteiger partial charge >= 0.3 is 6.18 Å². The van der Waals surface area contributed by atoms with Gasteiger partial charge in [-0.2, -0.15) is 18.3 Å². The number of hydrogen-bond donors (Lipinski definition) is 1. The fourth-order valence-corrected chi connectivity index (χ4v) is 5.22. The standard InChI is InChI=1S/C28H20F6N6O2/c29-18-13-19(30)23(31)24-22(18)25(26(41)36-24)38-9-11-39(12-10-38)27(42)20-14-21(15-5-7-35-8-6-15)40(37-20)17-3-1-16(2-4-17)28(32,33)34/h1-8,13-14,25H,9-12H2,(H,36,41). The van der Waals surface area contributed by atoms with Crippen LogP contribution in [0.2, 0.25) is 0 Å². The zero-order valence-corrected chi connectivity index (χ0v) is 21.5. The predicted octanol–water partition coefficient (Wildman–Crippen LogP) is 4.82. The lowest BCUT2D eigenvalue weighted by Crippen LogP contribution is -2.50.